The lowest BCUT2D eigenvalue weighted by molar-refractivity contribution is -0.136. The molecule has 0 radical (unpaired) electrons. The summed E-state index contributed by atoms with van der Waals surface area (Å²) in [6.45, 7) is 3.61. The second kappa shape index (κ2) is 9.86. The third kappa shape index (κ3) is 6.39. The van der Waals surface area contributed by atoms with Crippen molar-refractivity contribution in [3.8, 4) is 0 Å². The van der Waals surface area contributed by atoms with Crippen LogP contribution < -0.4 is 16.1 Å². The van der Waals surface area contributed by atoms with Gasteiger partial charge in [-0.3, -0.25) is 14.4 Å². The number of amides is 3. The van der Waals surface area contributed by atoms with E-state index in [1.54, 1.807) is 37.3 Å². The minimum absolute atomic E-state index is 0.00136. The van der Waals surface area contributed by atoms with Crippen molar-refractivity contribution in [3.05, 3.63) is 60.2 Å². The third-order valence-electron chi connectivity index (χ3n) is 3.67. The molecule has 0 spiro atoms. The molecule has 0 atom stereocenters. The highest BCUT2D eigenvalue weighted by molar-refractivity contribution is 6.39. The first-order chi connectivity index (χ1) is 13.0. The van der Waals surface area contributed by atoms with Crippen LogP contribution in [0.1, 0.15) is 25.8 Å². The quantitative estimate of drug-likeness (QED) is 0.416. The van der Waals surface area contributed by atoms with E-state index in [0.717, 1.165) is 17.7 Å². The monoisotopic (exact) mass is 366 g/mol. The molecule has 3 amide bonds. The van der Waals surface area contributed by atoms with Crippen LogP contribution in [-0.2, 0) is 20.8 Å². The summed E-state index contributed by atoms with van der Waals surface area (Å²) < 4.78 is 0. The lowest BCUT2D eigenvalue weighted by Crippen LogP contribution is -2.33. The molecule has 0 aliphatic rings. The van der Waals surface area contributed by atoms with Gasteiger partial charge in [0, 0.05) is 17.1 Å². The molecule has 0 saturated heterocycles. The van der Waals surface area contributed by atoms with Crippen molar-refractivity contribution >= 4 is 34.8 Å². The minimum Gasteiger partial charge on any atom is -0.326 e. The molecule has 0 unspecified atom stereocenters. The van der Waals surface area contributed by atoms with Gasteiger partial charge in [0.05, 0.1) is 6.42 Å². The van der Waals surface area contributed by atoms with Gasteiger partial charge in [-0.25, -0.2) is 5.43 Å². The average molecular weight is 366 g/mol. The first-order valence-corrected chi connectivity index (χ1v) is 8.57. The molecule has 7 heteroatoms. The van der Waals surface area contributed by atoms with Gasteiger partial charge >= 0.3 is 11.8 Å². The van der Waals surface area contributed by atoms with E-state index in [1.165, 1.54) is 0 Å². The Morgan fingerprint density at radius 2 is 1.56 bits per heavy atom. The van der Waals surface area contributed by atoms with Gasteiger partial charge in [0.2, 0.25) is 5.91 Å². The van der Waals surface area contributed by atoms with Gasteiger partial charge in [-0.2, -0.15) is 5.10 Å². The number of hydrogen-bond acceptors (Lipinski definition) is 4. The zero-order chi connectivity index (χ0) is 19.6. The van der Waals surface area contributed by atoms with Crippen molar-refractivity contribution in [2.24, 2.45) is 5.10 Å². The van der Waals surface area contributed by atoms with E-state index in [4.69, 9.17) is 0 Å². The Balaban J connectivity index is 1.85. The van der Waals surface area contributed by atoms with Crippen LogP contribution in [0.2, 0.25) is 0 Å². The van der Waals surface area contributed by atoms with Crippen LogP contribution in [0.15, 0.2) is 59.7 Å². The van der Waals surface area contributed by atoms with Gasteiger partial charge in [-0.15, -0.1) is 0 Å². The fourth-order valence-electron chi connectivity index (χ4n) is 2.32. The second-order valence-corrected chi connectivity index (χ2v) is 5.84. The molecule has 0 aliphatic carbocycles. The van der Waals surface area contributed by atoms with Gasteiger partial charge in [0.25, 0.3) is 0 Å². The van der Waals surface area contributed by atoms with Crippen molar-refractivity contribution < 1.29 is 14.4 Å². The number of hydrogen-bond donors (Lipinski definition) is 3. The third-order valence-corrected chi connectivity index (χ3v) is 3.67. The van der Waals surface area contributed by atoms with Crippen LogP contribution in [0.4, 0.5) is 11.4 Å². The molecule has 2 aromatic carbocycles. The Hall–Kier alpha value is -3.48. The second-order valence-electron chi connectivity index (χ2n) is 5.84. The zero-order valence-corrected chi connectivity index (χ0v) is 15.3. The van der Waals surface area contributed by atoms with Crippen LogP contribution >= 0.6 is 0 Å². The van der Waals surface area contributed by atoms with E-state index in [9.17, 15) is 14.4 Å². The first kappa shape index (κ1) is 19.8. The highest BCUT2D eigenvalue weighted by Crippen LogP contribution is 2.15. The van der Waals surface area contributed by atoms with Crippen LogP contribution in [0.3, 0.4) is 0 Å². The first-order valence-electron chi connectivity index (χ1n) is 8.57. The van der Waals surface area contributed by atoms with E-state index < -0.39 is 11.8 Å². The summed E-state index contributed by atoms with van der Waals surface area (Å²) >= 11 is 0. The van der Waals surface area contributed by atoms with Crippen molar-refractivity contribution in [2.45, 2.75) is 26.7 Å². The molecule has 0 saturated carbocycles. The summed E-state index contributed by atoms with van der Waals surface area (Å²) in [5.74, 6) is -1.99. The maximum atomic E-state index is 12.1. The number of hydrazone groups is 1. The number of anilines is 2. The van der Waals surface area contributed by atoms with Crippen molar-refractivity contribution in [1.82, 2.24) is 5.43 Å². The predicted molar refractivity (Wildman–Crippen MR) is 105 cm³/mol. The molecule has 27 heavy (non-hydrogen) atoms. The summed E-state index contributed by atoms with van der Waals surface area (Å²) in [5, 5.41) is 9.08. The summed E-state index contributed by atoms with van der Waals surface area (Å²) in [6.07, 6.45) is 0.800. The van der Waals surface area contributed by atoms with Crippen molar-refractivity contribution in [1.29, 1.82) is 0 Å². The van der Waals surface area contributed by atoms with E-state index in [-0.39, 0.29) is 12.3 Å². The molecular weight excluding hydrogens is 344 g/mol. The van der Waals surface area contributed by atoms with E-state index >= 15 is 0 Å². The largest absolute Gasteiger partial charge is 0.329 e. The fraction of sp³-hybridized carbons (Fsp3) is 0.200. The fourth-order valence-corrected chi connectivity index (χ4v) is 2.32. The summed E-state index contributed by atoms with van der Waals surface area (Å²) in [6, 6.07) is 16.2. The normalized spacial score (nSPS) is 10.8. The minimum atomic E-state index is -0.907. The number of benzene rings is 2. The summed E-state index contributed by atoms with van der Waals surface area (Å²) in [5.41, 5.74) is 4.82. The highest BCUT2D eigenvalue weighted by Gasteiger charge is 2.13. The molecule has 0 aromatic heterocycles. The number of para-hydroxylation sites is 2. The maximum absolute atomic E-state index is 12.1. The van der Waals surface area contributed by atoms with Crippen LogP contribution in [0.5, 0.6) is 0 Å². The van der Waals surface area contributed by atoms with Crippen molar-refractivity contribution in [2.75, 3.05) is 10.6 Å². The van der Waals surface area contributed by atoms with Gasteiger partial charge in [0.1, 0.15) is 0 Å². The van der Waals surface area contributed by atoms with E-state index in [1.807, 2.05) is 31.2 Å². The Bertz CT molecular complexity index is 847. The van der Waals surface area contributed by atoms with E-state index in [0.29, 0.717) is 11.4 Å². The molecule has 140 valence electrons. The Labute approximate surface area is 157 Å². The summed E-state index contributed by atoms with van der Waals surface area (Å²) in [7, 11) is 0. The molecule has 2 aromatic rings. The predicted octanol–water partition coefficient (Wildman–Crippen LogP) is 2.71. The Morgan fingerprint density at radius 1 is 0.889 bits per heavy atom. The van der Waals surface area contributed by atoms with Crippen LogP contribution in [0, 0.1) is 0 Å². The number of nitrogens with one attached hydrogen (secondary N) is 3. The molecule has 0 aliphatic heterocycles. The number of aryl methyl sites for hydroxylation is 1. The summed E-state index contributed by atoms with van der Waals surface area (Å²) in [4.78, 5) is 35.7. The standard InChI is InChI=1S/C20H22N4O3/c1-3-15-9-7-8-12-17(15)22-18(25)13-14(2)23-24-20(27)19(26)21-16-10-5-4-6-11-16/h4-12H,3,13H2,1-2H3,(H,21,26)(H,22,25)(H,24,27). The number of rotatable bonds is 6. The molecule has 0 bridgehead atoms. The number of carbonyl (C=O) groups excluding carboxylic acids is 3. The number of nitrogens with zero attached hydrogens (tertiary/aromatic N) is 1. The van der Waals surface area contributed by atoms with Gasteiger partial charge < -0.3 is 10.6 Å². The van der Waals surface area contributed by atoms with Gasteiger partial charge in [0.15, 0.2) is 0 Å². The number of carbonyl (C=O) groups is 3. The van der Waals surface area contributed by atoms with Gasteiger partial charge in [-0.1, -0.05) is 43.3 Å². The van der Waals surface area contributed by atoms with Crippen molar-refractivity contribution in [3.63, 3.8) is 0 Å². The molecule has 0 heterocycles. The highest BCUT2D eigenvalue weighted by atomic mass is 16.2. The topological polar surface area (TPSA) is 99.7 Å². The lowest BCUT2D eigenvalue weighted by atomic mass is 10.1. The maximum Gasteiger partial charge on any atom is 0.329 e. The van der Waals surface area contributed by atoms with Crippen LogP contribution in [0.25, 0.3) is 0 Å². The Morgan fingerprint density at radius 3 is 2.26 bits per heavy atom. The smallest absolute Gasteiger partial charge is 0.326 e. The molecule has 2 rings (SSSR count). The molecule has 7 nitrogen and oxygen atoms in total. The Kier molecular flexibility index (Phi) is 7.25. The SMILES string of the molecule is CCc1ccccc1NC(=O)CC(C)=NNC(=O)C(=O)Nc1ccccc1. The lowest BCUT2D eigenvalue weighted by Gasteiger charge is -2.09. The average Bonchev–Trinajstić information content (AvgIpc) is 2.67. The molecular formula is C20H22N4O3. The zero-order valence-electron chi connectivity index (χ0n) is 15.3. The van der Waals surface area contributed by atoms with E-state index in [2.05, 4.69) is 21.2 Å². The molecule has 0 fully saturated rings. The van der Waals surface area contributed by atoms with Crippen LogP contribution in [-0.4, -0.2) is 23.4 Å². The molecule has 3 N–H and O–H groups in total. The van der Waals surface area contributed by atoms with Gasteiger partial charge in [-0.05, 0) is 37.1 Å².